The molecule has 2 fully saturated rings. The molecule has 1 saturated heterocycles. The molecule has 0 spiro atoms. The molecular weight excluding hydrogens is 288 g/mol. The lowest BCUT2D eigenvalue weighted by Gasteiger charge is -2.27. The van der Waals surface area contributed by atoms with Crippen LogP contribution in [-0.4, -0.2) is 34.4 Å². The summed E-state index contributed by atoms with van der Waals surface area (Å²) in [6.45, 7) is 5.11. The van der Waals surface area contributed by atoms with Crippen molar-refractivity contribution in [2.75, 3.05) is 12.8 Å². The maximum atomic E-state index is 12.7. The molecule has 1 N–H and O–H groups in total. The van der Waals surface area contributed by atoms with E-state index in [4.69, 9.17) is 0 Å². The largest absolute Gasteiger partial charge is 0.320 e. The van der Waals surface area contributed by atoms with Crippen LogP contribution in [0.25, 0.3) is 0 Å². The Bertz CT molecular complexity index is 482. The molecular formula is C15H22N2OS2. The SMILES string of the molecule is CSC1(CN2C(=O)C(C(C)C)NC2c2ccsc2)CC1. The van der Waals surface area contributed by atoms with Crippen molar-refractivity contribution in [2.24, 2.45) is 5.92 Å². The molecule has 1 aromatic rings. The lowest BCUT2D eigenvalue weighted by atomic mass is 10.1. The highest BCUT2D eigenvalue weighted by Crippen LogP contribution is 2.49. The van der Waals surface area contributed by atoms with Crippen molar-refractivity contribution in [1.82, 2.24) is 10.2 Å². The van der Waals surface area contributed by atoms with Crippen molar-refractivity contribution in [3.63, 3.8) is 0 Å². The smallest absolute Gasteiger partial charge is 0.241 e. The van der Waals surface area contributed by atoms with Gasteiger partial charge in [-0.2, -0.15) is 23.1 Å². The number of hydrogen-bond acceptors (Lipinski definition) is 4. The lowest BCUT2D eigenvalue weighted by Crippen LogP contribution is -2.38. The summed E-state index contributed by atoms with van der Waals surface area (Å²) in [5.74, 6) is 0.606. The van der Waals surface area contributed by atoms with Crippen molar-refractivity contribution in [2.45, 2.75) is 43.6 Å². The summed E-state index contributed by atoms with van der Waals surface area (Å²) in [6, 6.07) is 2.09. The van der Waals surface area contributed by atoms with Crippen molar-refractivity contribution in [1.29, 1.82) is 0 Å². The Balaban J connectivity index is 1.84. The molecule has 1 aromatic heterocycles. The zero-order valence-corrected chi connectivity index (χ0v) is 13.9. The molecule has 0 aromatic carbocycles. The van der Waals surface area contributed by atoms with Crippen molar-refractivity contribution >= 4 is 29.0 Å². The first-order chi connectivity index (χ1) is 9.56. The Morgan fingerprint density at radius 2 is 2.30 bits per heavy atom. The third-order valence-corrected chi connectivity index (χ3v) is 6.53. The molecule has 2 heterocycles. The number of amides is 1. The van der Waals surface area contributed by atoms with E-state index < -0.39 is 0 Å². The van der Waals surface area contributed by atoms with Crippen LogP contribution < -0.4 is 5.32 Å². The van der Waals surface area contributed by atoms with E-state index in [2.05, 4.69) is 47.1 Å². The molecule has 3 rings (SSSR count). The first-order valence-corrected chi connectivity index (χ1v) is 9.37. The Morgan fingerprint density at radius 3 is 2.80 bits per heavy atom. The van der Waals surface area contributed by atoms with E-state index in [0.29, 0.717) is 10.7 Å². The van der Waals surface area contributed by atoms with Gasteiger partial charge in [-0.25, -0.2) is 0 Å². The van der Waals surface area contributed by atoms with Crippen molar-refractivity contribution in [3.05, 3.63) is 22.4 Å². The van der Waals surface area contributed by atoms with Gasteiger partial charge in [0.25, 0.3) is 0 Å². The van der Waals surface area contributed by atoms with Gasteiger partial charge in [0.1, 0.15) is 6.17 Å². The van der Waals surface area contributed by atoms with E-state index in [0.717, 1.165) is 6.54 Å². The second-order valence-corrected chi connectivity index (χ2v) is 8.26. The molecule has 0 radical (unpaired) electrons. The fourth-order valence-corrected chi connectivity index (χ4v) is 4.32. The molecule has 1 saturated carbocycles. The van der Waals surface area contributed by atoms with Crippen LogP contribution in [0, 0.1) is 5.92 Å². The standard InChI is InChI=1S/C15H22N2OS2/c1-10(2)12-14(18)17(9-15(19-3)5-6-15)13(16-12)11-4-7-20-8-11/h4,7-8,10,12-13,16H,5-6,9H2,1-3H3. The average molecular weight is 310 g/mol. The first-order valence-electron chi connectivity index (χ1n) is 7.20. The van der Waals surface area contributed by atoms with Gasteiger partial charge in [0.05, 0.1) is 6.04 Å². The Morgan fingerprint density at radius 1 is 1.55 bits per heavy atom. The molecule has 2 atom stereocenters. The van der Waals surface area contributed by atoms with E-state index in [1.807, 2.05) is 11.8 Å². The molecule has 1 amide bonds. The predicted octanol–water partition coefficient (Wildman–Crippen LogP) is 3.10. The maximum Gasteiger partial charge on any atom is 0.241 e. The summed E-state index contributed by atoms with van der Waals surface area (Å²) in [6.07, 6.45) is 4.70. The first kappa shape index (κ1) is 14.4. The number of thioether (sulfide) groups is 1. The van der Waals surface area contributed by atoms with Gasteiger partial charge in [0, 0.05) is 11.3 Å². The summed E-state index contributed by atoms with van der Waals surface area (Å²) in [7, 11) is 0. The second-order valence-electron chi connectivity index (χ2n) is 6.20. The number of nitrogens with one attached hydrogen (secondary N) is 1. The van der Waals surface area contributed by atoms with Gasteiger partial charge in [0.2, 0.25) is 5.91 Å². The molecule has 20 heavy (non-hydrogen) atoms. The van der Waals surface area contributed by atoms with Gasteiger partial charge in [-0.1, -0.05) is 13.8 Å². The number of rotatable bonds is 5. The van der Waals surface area contributed by atoms with E-state index >= 15 is 0 Å². The Labute approximate surface area is 129 Å². The molecule has 5 heteroatoms. The van der Waals surface area contributed by atoms with Crippen LogP contribution in [0.3, 0.4) is 0 Å². The fourth-order valence-electron chi connectivity index (χ4n) is 2.87. The van der Waals surface area contributed by atoms with Crippen LogP contribution in [0.1, 0.15) is 38.4 Å². The highest BCUT2D eigenvalue weighted by molar-refractivity contribution is 8.00. The summed E-state index contributed by atoms with van der Waals surface area (Å²) < 4.78 is 0.317. The molecule has 1 aliphatic heterocycles. The van der Waals surface area contributed by atoms with Gasteiger partial charge in [-0.05, 0) is 47.4 Å². The number of thiophene rings is 1. The third-order valence-electron chi connectivity index (χ3n) is 4.42. The zero-order valence-electron chi connectivity index (χ0n) is 12.3. The summed E-state index contributed by atoms with van der Waals surface area (Å²) in [4.78, 5) is 14.8. The van der Waals surface area contributed by atoms with Crippen LogP contribution in [0.15, 0.2) is 16.8 Å². The molecule has 1 aliphatic carbocycles. The summed E-state index contributed by atoms with van der Waals surface area (Å²) in [5.41, 5.74) is 1.23. The summed E-state index contributed by atoms with van der Waals surface area (Å²) >= 11 is 3.61. The van der Waals surface area contributed by atoms with Crippen LogP contribution >= 0.6 is 23.1 Å². The molecule has 2 unspecified atom stereocenters. The van der Waals surface area contributed by atoms with E-state index in [1.165, 1.54) is 18.4 Å². The fraction of sp³-hybridized carbons (Fsp3) is 0.667. The van der Waals surface area contributed by atoms with E-state index in [-0.39, 0.29) is 18.1 Å². The number of nitrogens with zero attached hydrogens (tertiary/aromatic N) is 1. The maximum absolute atomic E-state index is 12.7. The van der Waals surface area contributed by atoms with Gasteiger partial charge in [0.15, 0.2) is 0 Å². The molecule has 2 aliphatic rings. The van der Waals surface area contributed by atoms with Crippen molar-refractivity contribution in [3.8, 4) is 0 Å². The van der Waals surface area contributed by atoms with Gasteiger partial charge >= 0.3 is 0 Å². The molecule has 3 nitrogen and oxygen atoms in total. The van der Waals surface area contributed by atoms with Gasteiger partial charge in [-0.3, -0.25) is 10.1 Å². The quantitative estimate of drug-likeness (QED) is 0.907. The topological polar surface area (TPSA) is 32.3 Å². The van der Waals surface area contributed by atoms with E-state index in [1.54, 1.807) is 11.3 Å². The average Bonchev–Trinajstić information content (AvgIpc) is 2.84. The zero-order chi connectivity index (χ0) is 14.3. The highest BCUT2D eigenvalue weighted by atomic mass is 32.2. The number of carbonyl (C=O) groups is 1. The van der Waals surface area contributed by atoms with Crippen LogP contribution in [0.5, 0.6) is 0 Å². The normalized spacial score (nSPS) is 28.4. The second kappa shape index (κ2) is 5.35. The van der Waals surface area contributed by atoms with Crippen LogP contribution in [0.2, 0.25) is 0 Å². The van der Waals surface area contributed by atoms with E-state index in [9.17, 15) is 4.79 Å². The molecule has 110 valence electrons. The number of carbonyl (C=O) groups excluding carboxylic acids is 1. The van der Waals surface area contributed by atoms with Crippen molar-refractivity contribution < 1.29 is 4.79 Å². The summed E-state index contributed by atoms with van der Waals surface area (Å²) in [5, 5.41) is 7.78. The number of hydrogen-bond donors (Lipinski definition) is 1. The minimum absolute atomic E-state index is 0.0439. The van der Waals surface area contributed by atoms with Crippen LogP contribution in [0.4, 0.5) is 0 Å². The monoisotopic (exact) mass is 310 g/mol. The molecule has 0 bridgehead atoms. The highest BCUT2D eigenvalue weighted by Gasteiger charge is 2.49. The third kappa shape index (κ3) is 2.51. The lowest BCUT2D eigenvalue weighted by molar-refractivity contribution is -0.130. The van der Waals surface area contributed by atoms with Gasteiger partial charge in [-0.15, -0.1) is 0 Å². The minimum Gasteiger partial charge on any atom is -0.320 e. The Hall–Kier alpha value is -0.520. The van der Waals surface area contributed by atoms with Gasteiger partial charge < -0.3 is 4.90 Å². The van der Waals surface area contributed by atoms with Crippen LogP contribution in [-0.2, 0) is 4.79 Å². The minimum atomic E-state index is -0.0439. The Kier molecular flexibility index (Phi) is 3.86. The predicted molar refractivity (Wildman–Crippen MR) is 86.0 cm³/mol.